The Morgan fingerprint density at radius 1 is 1.54 bits per heavy atom. The van der Waals surface area contributed by atoms with Crippen molar-refractivity contribution in [1.82, 2.24) is 4.90 Å². The van der Waals surface area contributed by atoms with Gasteiger partial charge in [0.2, 0.25) is 5.91 Å². The standard InChI is InChI=1S/C10H20N2O/c1-9-5-2-3-8-12(9)10(13)6-4-7-11/h9H,2-8,11H2,1H3/t9-/m1/s1. The molecule has 1 saturated heterocycles. The fourth-order valence-corrected chi connectivity index (χ4v) is 1.87. The van der Waals surface area contributed by atoms with Crippen LogP contribution in [0.3, 0.4) is 0 Å². The minimum Gasteiger partial charge on any atom is -0.340 e. The van der Waals surface area contributed by atoms with Gasteiger partial charge in [-0.15, -0.1) is 0 Å². The molecule has 13 heavy (non-hydrogen) atoms. The van der Waals surface area contributed by atoms with E-state index < -0.39 is 0 Å². The number of amides is 1. The molecular weight excluding hydrogens is 164 g/mol. The Balaban J connectivity index is 2.35. The number of nitrogens with zero attached hydrogens (tertiary/aromatic N) is 1. The molecule has 0 aromatic carbocycles. The topological polar surface area (TPSA) is 46.3 Å². The van der Waals surface area contributed by atoms with Gasteiger partial charge in [-0.3, -0.25) is 4.79 Å². The summed E-state index contributed by atoms with van der Waals surface area (Å²) in [6.45, 7) is 3.71. The molecule has 1 atom stereocenters. The summed E-state index contributed by atoms with van der Waals surface area (Å²) in [5.74, 6) is 0.289. The Morgan fingerprint density at radius 3 is 2.92 bits per heavy atom. The second-order valence-electron chi connectivity index (χ2n) is 3.82. The van der Waals surface area contributed by atoms with Crippen LogP contribution in [0.25, 0.3) is 0 Å². The van der Waals surface area contributed by atoms with Gasteiger partial charge in [0, 0.05) is 19.0 Å². The zero-order valence-electron chi connectivity index (χ0n) is 8.46. The zero-order chi connectivity index (χ0) is 9.68. The van der Waals surface area contributed by atoms with Crippen molar-refractivity contribution in [2.45, 2.75) is 45.1 Å². The van der Waals surface area contributed by atoms with Crippen molar-refractivity contribution >= 4 is 5.91 Å². The van der Waals surface area contributed by atoms with Crippen LogP contribution >= 0.6 is 0 Å². The molecule has 0 spiro atoms. The van der Waals surface area contributed by atoms with Gasteiger partial charge in [0.15, 0.2) is 0 Å². The first-order valence-electron chi connectivity index (χ1n) is 5.25. The predicted octanol–water partition coefficient (Wildman–Crippen LogP) is 1.13. The number of carbonyl (C=O) groups is 1. The van der Waals surface area contributed by atoms with Crippen LogP contribution in [0.4, 0.5) is 0 Å². The molecule has 0 radical (unpaired) electrons. The first kappa shape index (κ1) is 10.5. The molecule has 1 amide bonds. The third kappa shape index (κ3) is 2.99. The highest BCUT2D eigenvalue weighted by Crippen LogP contribution is 2.17. The van der Waals surface area contributed by atoms with E-state index in [2.05, 4.69) is 6.92 Å². The second kappa shape index (κ2) is 5.22. The zero-order valence-corrected chi connectivity index (χ0v) is 8.46. The number of rotatable bonds is 3. The van der Waals surface area contributed by atoms with Gasteiger partial charge in [-0.05, 0) is 39.2 Å². The van der Waals surface area contributed by atoms with Gasteiger partial charge in [-0.25, -0.2) is 0 Å². The molecule has 0 unspecified atom stereocenters. The molecule has 1 aliphatic rings. The number of likely N-dealkylation sites (tertiary alicyclic amines) is 1. The van der Waals surface area contributed by atoms with Crippen LogP contribution in [0.15, 0.2) is 0 Å². The fourth-order valence-electron chi connectivity index (χ4n) is 1.87. The maximum Gasteiger partial charge on any atom is 0.222 e. The van der Waals surface area contributed by atoms with Crippen molar-refractivity contribution in [3.63, 3.8) is 0 Å². The first-order chi connectivity index (χ1) is 6.25. The smallest absolute Gasteiger partial charge is 0.222 e. The van der Waals surface area contributed by atoms with Crippen molar-refractivity contribution in [2.75, 3.05) is 13.1 Å². The molecule has 0 aromatic rings. The number of nitrogens with two attached hydrogens (primary N) is 1. The van der Waals surface area contributed by atoms with Gasteiger partial charge in [0.25, 0.3) is 0 Å². The Labute approximate surface area is 80.3 Å². The minimum absolute atomic E-state index is 0.289. The first-order valence-corrected chi connectivity index (χ1v) is 5.25. The van der Waals surface area contributed by atoms with Gasteiger partial charge in [0.1, 0.15) is 0 Å². The summed E-state index contributed by atoms with van der Waals surface area (Å²) in [5.41, 5.74) is 5.37. The molecule has 3 heteroatoms. The third-order valence-corrected chi connectivity index (χ3v) is 2.72. The molecule has 3 nitrogen and oxygen atoms in total. The van der Waals surface area contributed by atoms with E-state index in [1.807, 2.05) is 4.90 Å². The summed E-state index contributed by atoms with van der Waals surface area (Å²) in [6, 6.07) is 0.444. The number of hydrogen-bond donors (Lipinski definition) is 1. The van der Waals surface area contributed by atoms with Crippen LogP contribution < -0.4 is 5.73 Å². The minimum atomic E-state index is 0.289. The third-order valence-electron chi connectivity index (χ3n) is 2.72. The lowest BCUT2D eigenvalue weighted by molar-refractivity contribution is -0.134. The van der Waals surface area contributed by atoms with Crippen molar-refractivity contribution in [3.8, 4) is 0 Å². The van der Waals surface area contributed by atoms with Crippen LogP contribution in [0.5, 0.6) is 0 Å². The Kier molecular flexibility index (Phi) is 4.22. The quantitative estimate of drug-likeness (QED) is 0.714. The molecule has 0 saturated carbocycles. The maximum absolute atomic E-state index is 11.6. The van der Waals surface area contributed by atoms with Crippen molar-refractivity contribution in [3.05, 3.63) is 0 Å². The van der Waals surface area contributed by atoms with Crippen LogP contribution in [0.2, 0.25) is 0 Å². The number of hydrogen-bond acceptors (Lipinski definition) is 2. The molecule has 0 aliphatic carbocycles. The molecule has 0 bridgehead atoms. The molecule has 1 rings (SSSR count). The average Bonchev–Trinajstić information content (AvgIpc) is 2.15. The summed E-state index contributed by atoms with van der Waals surface area (Å²) >= 11 is 0. The molecule has 1 heterocycles. The van der Waals surface area contributed by atoms with Crippen LogP contribution in [-0.4, -0.2) is 29.9 Å². The SMILES string of the molecule is C[C@@H]1CCCCN1C(=O)CCCN. The van der Waals surface area contributed by atoms with Crippen LogP contribution in [0.1, 0.15) is 39.0 Å². The summed E-state index contributed by atoms with van der Waals surface area (Å²) in [4.78, 5) is 13.7. The van der Waals surface area contributed by atoms with Crippen molar-refractivity contribution < 1.29 is 4.79 Å². The van der Waals surface area contributed by atoms with E-state index in [4.69, 9.17) is 5.73 Å². The highest BCUT2D eigenvalue weighted by Gasteiger charge is 2.21. The summed E-state index contributed by atoms with van der Waals surface area (Å²) < 4.78 is 0. The highest BCUT2D eigenvalue weighted by atomic mass is 16.2. The highest BCUT2D eigenvalue weighted by molar-refractivity contribution is 5.76. The van der Waals surface area contributed by atoms with Gasteiger partial charge in [-0.2, -0.15) is 0 Å². The molecular formula is C10H20N2O. The fraction of sp³-hybridized carbons (Fsp3) is 0.900. The summed E-state index contributed by atoms with van der Waals surface area (Å²) in [5, 5.41) is 0. The normalized spacial score (nSPS) is 23.2. The summed E-state index contributed by atoms with van der Waals surface area (Å²) in [6.07, 6.45) is 5.04. The van der Waals surface area contributed by atoms with Crippen LogP contribution in [0, 0.1) is 0 Å². The van der Waals surface area contributed by atoms with Crippen LogP contribution in [-0.2, 0) is 4.79 Å². The van der Waals surface area contributed by atoms with E-state index in [0.717, 1.165) is 19.4 Å². The van der Waals surface area contributed by atoms with Gasteiger partial charge in [0.05, 0.1) is 0 Å². The molecule has 1 fully saturated rings. The van der Waals surface area contributed by atoms with E-state index in [1.54, 1.807) is 0 Å². The van der Waals surface area contributed by atoms with Gasteiger partial charge < -0.3 is 10.6 Å². The Morgan fingerprint density at radius 2 is 2.31 bits per heavy atom. The molecule has 76 valence electrons. The predicted molar refractivity (Wildman–Crippen MR) is 53.3 cm³/mol. The number of piperidine rings is 1. The van der Waals surface area contributed by atoms with E-state index in [0.29, 0.717) is 19.0 Å². The van der Waals surface area contributed by atoms with E-state index in [9.17, 15) is 4.79 Å². The van der Waals surface area contributed by atoms with Gasteiger partial charge >= 0.3 is 0 Å². The van der Waals surface area contributed by atoms with E-state index in [-0.39, 0.29) is 5.91 Å². The Bertz CT molecular complexity index is 170. The lowest BCUT2D eigenvalue weighted by Crippen LogP contribution is -2.42. The number of carbonyl (C=O) groups excluding carboxylic acids is 1. The van der Waals surface area contributed by atoms with E-state index in [1.165, 1.54) is 12.8 Å². The molecule has 2 N–H and O–H groups in total. The second-order valence-corrected chi connectivity index (χ2v) is 3.82. The molecule has 0 aromatic heterocycles. The summed E-state index contributed by atoms with van der Waals surface area (Å²) in [7, 11) is 0. The lowest BCUT2D eigenvalue weighted by Gasteiger charge is -2.33. The van der Waals surface area contributed by atoms with Crippen molar-refractivity contribution in [2.24, 2.45) is 5.73 Å². The lowest BCUT2D eigenvalue weighted by atomic mass is 10.0. The average molecular weight is 184 g/mol. The Hall–Kier alpha value is -0.570. The largest absolute Gasteiger partial charge is 0.340 e. The maximum atomic E-state index is 11.6. The van der Waals surface area contributed by atoms with Gasteiger partial charge in [-0.1, -0.05) is 0 Å². The van der Waals surface area contributed by atoms with Crippen molar-refractivity contribution in [1.29, 1.82) is 0 Å². The van der Waals surface area contributed by atoms with E-state index >= 15 is 0 Å². The molecule has 1 aliphatic heterocycles. The monoisotopic (exact) mass is 184 g/mol.